The molecule has 8 nitrogen and oxygen atoms in total. The fourth-order valence-corrected chi connectivity index (χ4v) is 4.74. The lowest BCUT2D eigenvalue weighted by Gasteiger charge is -2.35. The molecule has 0 bridgehead atoms. The van der Waals surface area contributed by atoms with Gasteiger partial charge < -0.3 is 14.6 Å². The molecule has 2 aliphatic heterocycles. The van der Waals surface area contributed by atoms with Gasteiger partial charge in [-0.25, -0.2) is 13.2 Å². The number of nitrogens with zero attached hydrogens (tertiary/aromatic N) is 2. The largest absolute Gasteiger partial charge is 0.490 e. The molecule has 2 saturated heterocycles. The number of fused-ring (bicyclic) bond motifs is 1. The second-order valence-electron chi connectivity index (χ2n) is 6.88. The summed E-state index contributed by atoms with van der Waals surface area (Å²) in [5.41, 5.74) is 0.905. The second-order valence-corrected chi connectivity index (χ2v) is 9.09. The van der Waals surface area contributed by atoms with Crippen LogP contribution in [0.2, 0.25) is 0 Å². The fourth-order valence-electron chi connectivity index (χ4n) is 3.37. The van der Waals surface area contributed by atoms with Crippen molar-refractivity contribution < 1.29 is 41.0 Å². The van der Waals surface area contributed by atoms with Crippen LogP contribution in [0.3, 0.4) is 0 Å². The van der Waals surface area contributed by atoms with Gasteiger partial charge in [-0.2, -0.15) is 17.5 Å². The minimum Gasteiger partial charge on any atom is -0.475 e. The third-order valence-electron chi connectivity index (χ3n) is 4.83. The van der Waals surface area contributed by atoms with Gasteiger partial charge in [0.2, 0.25) is 10.0 Å². The van der Waals surface area contributed by atoms with Gasteiger partial charge in [-0.15, -0.1) is 0 Å². The fraction of sp³-hybridized carbons (Fsp3) is 0.667. The monoisotopic (exact) mass is 454 g/mol. The summed E-state index contributed by atoms with van der Waals surface area (Å²) < 4.78 is 69.4. The normalized spacial score (nSPS) is 24.6. The van der Waals surface area contributed by atoms with E-state index in [9.17, 15) is 21.6 Å². The summed E-state index contributed by atoms with van der Waals surface area (Å²) in [7, 11) is -3.12. The van der Waals surface area contributed by atoms with Crippen LogP contribution in [0, 0.1) is 0 Å². The van der Waals surface area contributed by atoms with Crippen LogP contribution in [0.4, 0.5) is 13.2 Å². The summed E-state index contributed by atoms with van der Waals surface area (Å²) in [5, 5.41) is 7.12. The average Bonchev–Trinajstić information content (AvgIpc) is 3.13. The molecule has 3 rings (SSSR count). The first kappa shape index (κ1) is 24.5. The highest BCUT2D eigenvalue weighted by molar-refractivity contribution is 7.89. The lowest BCUT2D eigenvalue weighted by atomic mass is 10.0. The number of halogens is 3. The molecular formula is C18H25F3N2O6S. The first-order valence-electron chi connectivity index (χ1n) is 9.47. The number of carboxylic acids is 1. The van der Waals surface area contributed by atoms with Crippen molar-refractivity contribution in [3.63, 3.8) is 0 Å². The van der Waals surface area contributed by atoms with E-state index in [2.05, 4.69) is 4.98 Å². The van der Waals surface area contributed by atoms with Crippen molar-refractivity contribution in [3.05, 3.63) is 30.1 Å². The van der Waals surface area contributed by atoms with Crippen LogP contribution < -0.4 is 0 Å². The van der Waals surface area contributed by atoms with E-state index >= 15 is 0 Å². The van der Waals surface area contributed by atoms with E-state index in [1.165, 1.54) is 0 Å². The van der Waals surface area contributed by atoms with E-state index in [1.54, 1.807) is 17.4 Å². The van der Waals surface area contributed by atoms with Gasteiger partial charge in [0.25, 0.3) is 0 Å². The molecule has 0 radical (unpaired) electrons. The van der Waals surface area contributed by atoms with E-state index in [1.807, 2.05) is 18.2 Å². The van der Waals surface area contributed by atoms with Crippen molar-refractivity contribution >= 4 is 16.0 Å². The molecular weight excluding hydrogens is 429 g/mol. The van der Waals surface area contributed by atoms with E-state index in [4.69, 9.17) is 19.4 Å². The predicted molar refractivity (Wildman–Crippen MR) is 100 cm³/mol. The molecule has 0 aliphatic carbocycles. The standard InChI is InChI=1S/C16H24N2O4S.C2HF3O2/c1-2-23(19,20)18-10-8-16-15(18)7-6-14(22-16)12-21-11-13-5-3-4-9-17-13;3-2(4,5)1(6)7/h3-5,9,14-16H,2,6-8,10-12H2,1H3;(H,6,7)/t14-,15+,16+;/m1./s1. The quantitative estimate of drug-likeness (QED) is 0.702. The Morgan fingerprint density at radius 1 is 1.33 bits per heavy atom. The number of carboxylic acid groups (broad SMARTS) is 1. The summed E-state index contributed by atoms with van der Waals surface area (Å²) in [6.45, 7) is 3.28. The molecule has 0 aromatic carbocycles. The van der Waals surface area contributed by atoms with Gasteiger partial charge in [0.1, 0.15) is 0 Å². The molecule has 1 N–H and O–H groups in total. The number of hydrogen-bond acceptors (Lipinski definition) is 6. The minimum absolute atomic E-state index is 0.00647. The summed E-state index contributed by atoms with van der Waals surface area (Å²) in [5.74, 6) is -2.60. The van der Waals surface area contributed by atoms with Gasteiger partial charge in [-0.05, 0) is 38.3 Å². The zero-order chi connectivity index (χ0) is 22.4. The molecule has 12 heteroatoms. The predicted octanol–water partition coefficient (Wildman–Crippen LogP) is 2.20. The maximum absolute atomic E-state index is 12.1. The molecule has 2 aliphatic rings. The molecule has 1 aromatic heterocycles. The summed E-state index contributed by atoms with van der Waals surface area (Å²) in [6, 6.07) is 5.76. The molecule has 30 heavy (non-hydrogen) atoms. The average molecular weight is 454 g/mol. The van der Waals surface area contributed by atoms with E-state index < -0.39 is 22.2 Å². The van der Waals surface area contributed by atoms with E-state index in [0.717, 1.165) is 25.0 Å². The molecule has 0 amide bonds. The number of ether oxygens (including phenoxy) is 2. The van der Waals surface area contributed by atoms with Crippen molar-refractivity contribution in [2.75, 3.05) is 18.9 Å². The van der Waals surface area contributed by atoms with Gasteiger partial charge in [0.15, 0.2) is 0 Å². The molecule has 0 unspecified atom stereocenters. The van der Waals surface area contributed by atoms with Gasteiger partial charge in [-0.3, -0.25) is 4.98 Å². The third kappa shape index (κ3) is 6.89. The highest BCUT2D eigenvalue weighted by Crippen LogP contribution is 2.33. The molecule has 3 atom stereocenters. The van der Waals surface area contributed by atoms with Crippen molar-refractivity contribution in [2.24, 2.45) is 0 Å². The van der Waals surface area contributed by atoms with E-state index in [0.29, 0.717) is 19.8 Å². The lowest BCUT2D eigenvalue weighted by molar-refractivity contribution is -0.192. The van der Waals surface area contributed by atoms with Crippen molar-refractivity contribution in [3.8, 4) is 0 Å². The maximum Gasteiger partial charge on any atom is 0.490 e. The number of aromatic nitrogens is 1. The molecule has 170 valence electrons. The first-order valence-corrected chi connectivity index (χ1v) is 11.1. The van der Waals surface area contributed by atoms with Gasteiger partial charge in [0, 0.05) is 12.7 Å². The number of hydrogen-bond donors (Lipinski definition) is 1. The first-order chi connectivity index (χ1) is 14.0. The SMILES string of the molecule is CCS(=O)(=O)N1CC[C@@H]2O[C@@H](COCc3ccccn3)CC[C@@H]21.O=C(O)C(F)(F)F. The minimum atomic E-state index is -5.08. The smallest absolute Gasteiger partial charge is 0.475 e. The van der Waals surface area contributed by atoms with Crippen LogP contribution in [0.1, 0.15) is 31.9 Å². The highest BCUT2D eigenvalue weighted by Gasteiger charge is 2.44. The van der Waals surface area contributed by atoms with Gasteiger partial charge in [-0.1, -0.05) is 6.07 Å². The van der Waals surface area contributed by atoms with E-state index in [-0.39, 0.29) is 24.0 Å². The second kappa shape index (κ2) is 10.5. The van der Waals surface area contributed by atoms with Crippen LogP contribution in [0.25, 0.3) is 0 Å². The Hall–Kier alpha value is -1.76. The zero-order valence-electron chi connectivity index (χ0n) is 16.4. The van der Waals surface area contributed by atoms with Gasteiger partial charge in [0.05, 0.1) is 42.9 Å². The van der Waals surface area contributed by atoms with Crippen molar-refractivity contribution in [1.82, 2.24) is 9.29 Å². The van der Waals surface area contributed by atoms with Crippen LogP contribution in [0.5, 0.6) is 0 Å². The van der Waals surface area contributed by atoms with Crippen LogP contribution >= 0.6 is 0 Å². The number of pyridine rings is 1. The topological polar surface area (TPSA) is 106 Å². The number of alkyl halides is 3. The number of aliphatic carboxylic acids is 1. The molecule has 0 spiro atoms. The Morgan fingerprint density at radius 2 is 2.03 bits per heavy atom. The number of sulfonamides is 1. The Morgan fingerprint density at radius 3 is 2.60 bits per heavy atom. The summed E-state index contributed by atoms with van der Waals surface area (Å²) >= 11 is 0. The highest BCUT2D eigenvalue weighted by atomic mass is 32.2. The number of carbonyl (C=O) groups is 1. The molecule has 2 fully saturated rings. The Labute approximate surface area is 173 Å². The zero-order valence-corrected chi connectivity index (χ0v) is 17.2. The Balaban J connectivity index is 0.000000396. The lowest BCUT2D eigenvalue weighted by Crippen LogP contribution is -2.46. The van der Waals surface area contributed by atoms with Crippen LogP contribution in [-0.2, 0) is 30.9 Å². The third-order valence-corrected chi connectivity index (χ3v) is 6.73. The number of rotatable bonds is 6. The summed E-state index contributed by atoms with van der Waals surface area (Å²) in [4.78, 5) is 13.1. The Bertz CT molecular complexity index is 791. The summed E-state index contributed by atoms with van der Waals surface area (Å²) in [6.07, 6.45) is -0.819. The van der Waals surface area contributed by atoms with Crippen LogP contribution in [0.15, 0.2) is 24.4 Å². The van der Waals surface area contributed by atoms with Gasteiger partial charge >= 0.3 is 12.1 Å². The maximum atomic E-state index is 12.1. The van der Waals surface area contributed by atoms with Crippen molar-refractivity contribution in [2.45, 2.75) is 57.2 Å². The van der Waals surface area contributed by atoms with Crippen LogP contribution in [-0.4, -0.2) is 72.1 Å². The molecule has 3 heterocycles. The van der Waals surface area contributed by atoms with Crippen molar-refractivity contribution in [1.29, 1.82) is 0 Å². The molecule has 0 saturated carbocycles. The Kier molecular flexibility index (Phi) is 8.59. The molecule has 1 aromatic rings.